The van der Waals surface area contributed by atoms with Gasteiger partial charge in [-0.15, -0.1) is 0 Å². The third-order valence-corrected chi connectivity index (χ3v) is 12.7. The highest BCUT2D eigenvalue weighted by Gasteiger charge is 2.48. The topological polar surface area (TPSA) is 0 Å². The molecule has 0 amide bonds. The summed E-state index contributed by atoms with van der Waals surface area (Å²) >= 11 is 0. The maximum atomic E-state index is 2.47. The highest BCUT2D eigenvalue weighted by atomic mass is 31.1. The van der Waals surface area contributed by atoms with E-state index in [4.69, 9.17) is 0 Å². The molecule has 1 atom stereocenters. The van der Waals surface area contributed by atoms with Crippen LogP contribution in [0.1, 0.15) is 59.6 Å². The van der Waals surface area contributed by atoms with E-state index >= 15 is 0 Å². The van der Waals surface area contributed by atoms with Crippen LogP contribution in [-0.2, 0) is 0 Å². The van der Waals surface area contributed by atoms with Crippen LogP contribution in [-0.4, -0.2) is 16.0 Å². The molecule has 0 unspecified atom stereocenters. The molecule has 0 aromatic heterocycles. The first kappa shape index (κ1) is 24.9. The van der Waals surface area contributed by atoms with Crippen LogP contribution in [0, 0.1) is 44.7 Å². The second-order valence-electron chi connectivity index (χ2n) is 10.7. The van der Waals surface area contributed by atoms with Gasteiger partial charge >= 0.3 is 0 Å². The van der Waals surface area contributed by atoms with Crippen molar-refractivity contribution in [2.45, 2.75) is 78.3 Å². The van der Waals surface area contributed by atoms with Crippen LogP contribution in [0.3, 0.4) is 0 Å². The van der Waals surface area contributed by atoms with Gasteiger partial charge in [0.15, 0.2) is 0 Å². The Bertz CT molecular complexity index is 811. The van der Waals surface area contributed by atoms with Crippen molar-refractivity contribution in [2.75, 3.05) is 0 Å². The normalized spacial score (nSPS) is 17.6. The predicted molar refractivity (Wildman–Crippen MR) is 144 cm³/mol. The molecule has 2 aromatic rings. The smallest absolute Gasteiger partial charge is 0.0125 e. The molecule has 0 bridgehead atoms. The van der Waals surface area contributed by atoms with Crippen LogP contribution < -0.4 is 10.6 Å². The fourth-order valence-corrected chi connectivity index (χ4v) is 12.4. The Hall–Kier alpha value is -0.700. The lowest BCUT2D eigenvalue weighted by Gasteiger charge is -2.48. The van der Waals surface area contributed by atoms with Crippen molar-refractivity contribution in [1.82, 2.24) is 0 Å². The Kier molecular flexibility index (Phi) is 7.77. The number of hydrogen-bond donors (Lipinski definition) is 0. The minimum absolute atomic E-state index is 0.268. The molecule has 0 spiro atoms. The molecule has 1 saturated carbocycles. The van der Waals surface area contributed by atoms with E-state index in [1.165, 1.54) is 21.7 Å². The van der Waals surface area contributed by atoms with Gasteiger partial charge in [0.05, 0.1) is 0 Å². The number of rotatable bonds is 5. The average molecular weight is 450 g/mol. The van der Waals surface area contributed by atoms with Crippen LogP contribution in [0.5, 0.6) is 0 Å². The van der Waals surface area contributed by atoms with Gasteiger partial charge < -0.3 is 0 Å². The molecule has 0 N–H and O–H groups in total. The van der Waals surface area contributed by atoms with E-state index in [2.05, 4.69) is 130 Å². The van der Waals surface area contributed by atoms with Gasteiger partial charge in [0.2, 0.25) is 0 Å². The van der Waals surface area contributed by atoms with E-state index in [0.717, 1.165) is 0 Å². The first-order valence-corrected chi connectivity index (χ1v) is 14.1. The fraction of sp³-hybridized carbons (Fsp3) is 0.414. The summed E-state index contributed by atoms with van der Waals surface area (Å²) in [5, 5.41) is 3.57. The van der Waals surface area contributed by atoms with Crippen LogP contribution in [0.2, 0.25) is 0 Å². The number of benzene rings is 2. The maximum absolute atomic E-state index is 2.47. The SMILES string of the molecule is Cc1ccccc1P(c1ccccc1C)[C@@H](C)[C]1[CH][CH][CH][C]1P(C(C)(C)C)C(C)(C)C. The summed E-state index contributed by atoms with van der Waals surface area (Å²) in [4.78, 5) is 0. The lowest BCUT2D eigenvalue weighted by Crippen LogP contribution is -2.33. The van der Waals surface area contributed by atoms with E-state index < -0.39 is 7.92 Å². The Morgan fingerprint density at radius 3 is 1.55 bits per heavy atom. The molecule has 0 nitrogen and oxygen atoms in total. The molecule has 31 heavy (non-hydrogen) atoms. The molecule has 165 valence electrons. The van der Waals surface area contributed by atoms with Crippen LogP contribution in [0.25, 0.3) is 0 Å². The van der Waals surface area contributed by atoms with Gasteiger partial charge in [0.1, 0.15) is 0 Å². The van der Waals surface area contributed by atoms with Crippen LogP contribution in [0.15, 0.2) is 48.5 Å². The van der Waals surface area contributed by atoms with Crippen molar-refractivity contribution >= 4 is 26.5 Å². The average Bonchev–Trinajstić information content (AvgIpc) is 3.11. The van der Waals surface area contributed by atoms with Crippen molar-refractivity contribution in [1.29, 1.82) is 0 Å². The molecule has 1 aliphatic rings. The minimum Gasteiger partial charge on any atom is -0.0874 e. The zero-order valence-electron chi connectivity index (χ0n) is 20.8. The predicted octanol–water partition coefficient (Wildman–Crippen LogP) is 7.94. The van der Waals surface area contributed by atoms with E-state index in [1.807, 2.05) is 0 Å². The molecule has 2 aromatic carbocycles. The van der Waals surface area contributed by atoms with Crippen molar-refractivity contribution in [2.24, 2.45) is 0 Å². The second kappa shape index (κ2) is 9.65. The zero-order valence-corrected chi connectivity index (χ0v) is 22.6. The Morgan fingerprint density at radius 1 is 0.677 bits per heavy atom. The maximum Gasteiger partial charge on any atom is 0.0125 e. The molecule has 2 heteroatoms. The Morgan fingerprint density at radius 2 is 1.13 bits per heavy atom. The lowest BCUT2D eigenvalue weighted by atomic mass is 10.0. The third-order valence-electron chi connectivity index (χ3n) is 6.00. The van der Waals surface area contributed by atoms with Gasteiger partial charge in [-0.2, -0.15) is 0 Å². The summed E-state index contributed by atoms with van der Waals surface area (Å²) < 4.78 is 0. The van der Waals surface area contributed by atoms with Gasteiger partial charge in [-0.3, -0.25) is 0 Å². The molecule has 1 aliphatic carbocycles. The Labute approximate surface area is 195 Å². The fourth-order valence-electron chi connectivity index (χ4n) is 5.06. The van der Waals surface area contributed by atoms with Gasteiger partial charge in [0, 0.05) is 5.66 Å². The minimum atomic E-state index is -0.507. The first-order valence-electron chi connectivity index (χ1n) is 11.4. The highest BCUT2D eigenvalue weighted by Crippen LogP contribution is 2.72. The molecule has 5 radical (unpaired) electrons. The van der Waals surface area contributed by atoms with Crippen LogP contribution in [0.4, 0.5) is 0 Å². The standard InChI is InChI=1S/C29H39P2/c1-21-15-10-12-18-25(21)30(26-19-13-11-16-22(26)2)23(3)24-17-14-20-27(24)31(28(4,5)6)29(7,8)9/h10-20,23H,1-9H3/t23-/m0/s1. The number of hydrogen-bond acceptors (Lipinski definition) is 0. The molecule has 1 fully saturated rings. The first-order chi connectivity index (χ1) is 14.4. The van der Waals surface area contributed by atoms with E-state index in [-0.39, 0.29) is 18.2 Å². The molecular formula is C29H39P2. The van der Waals surface area contributed by atoms with Crippen molar-refractivity contribution in [3.05, 3.63) is 90.5 Å². The molecule has 3 rings (SSSR count). The Balaban J connectivity index is 2.08. The molecule has 0 saturated heterocycles. The summed E-state index contributed by atoms with van der Waals surface area (Å²) in [5.41, 5.74) is 4.89. The van der Waals surface area contributed by atoms with E-state index in [0.29, 0.717) is 5.66 Å². The lowest BCUT2D eigenvalue weighted by molar-refractivity contribution is 0.704. The quantitative estimate of drug-likeness (QED) is 0.407. The third kappa shape index (κ3) is 5.45. The molecule has 0 aliphatic heterocycles. The second-order valence-corrected chi connectivity index (χ2v) is 17.0. The monoisotopic (exact) mass is 449 g/mol. The highest BCUT2D eigenvalue weighted by molar-refractivity contribution is 7.74. The van der Waals surface area contributed by atoms with Crippen molar-refractivity contribution in [3.63, 3.8) is 0 Å². The van der Waals surface area contributed by atoms with Crippen molar-refractivity contribution in [3.8, 4) is 0 Å². The summed E-state index contributed by atoms with van der Waals surface area (Å²) in [6, 6.07) is 18.0. The summed E-state index contributed by atoms with van der Waals surface area (Å²) in [6.07, 6.45) is 7.15. The number of aryl methyl sites for hydroxylation is 2. The summed E-state index contributed by atoms with van der Waals surface area (Å²) in [7, 11) is -0.828. The van der Waals surface area contributed by atoms with Gasteiger partial charge in [-0.1, -0.05) is 105 Å². The van der Waals surface area contributed by atoms with Gasteiger partial charge in [-0.05, 0) is 84.7 Å². The van der Waals surface area contributed by atoms with Gasteiger partial charge in [-0.25, -0.2) is 0 Å². The van der Waals surface area contributed by atoms with E-state index in [9.17, 15) is 0 Å². The molecular weight excluding hydrogens is 410 g/mol. The van der Waals surface area contributed by atoms with E-state index in [1.54, 1.807) is 11.6 Å². The zero-order chi connectivity index (χ0) is 23.0. The van der Waals surface area contributed by atoms with Crippen molar-refractivity contribution < 1.29 is 0 Å². The summed E-state index contributed by atoms with van der Waals surface area (Å²) in [5.74, 6) is 1.56. The largest absolute Gasteiger partial charge is 0.0874 e. The molecule has 0 heterocycles. The van der Waals surface area contributed by atoms with Crippen LogP contribution >= 0.6 is 15.8 Å². The van der Waals surface area contributed by atoms with Gasteiger partial charge in [0.25, 0.3) is 0 Å². The summed E-state index contributed by atoms with van der Waals surface area (Å²) in [6.45, 7) is 21.6.